The molecule has 3 heterocycles. The fraction of sp³-hybridized carbons (Fsp3) is 0.826. The summed E-state index contributed by atoms with van der Waals surface area (Å²) in [7, 11) is 0. The van der Waals surface area contributed by atoms with Gasteiger partial charge in [0.15, 0.2) is 4.47 Å². The molecule has 1 aromatic heterocycles. The molecule has 2 saturated heterocycles. The Morgan fingerprint density at radius 1 is 1.24 bits per heavy atom. The highest BCUT2D eigenvalue weighted by Crippen LogP contribution is 2.44. The minimum absolute atomic E-state index is 0.0150. The van der Waals surface area contributed by atoms with Gasteiger partial charge in [-0.1, -0.05) is 51.1 Å². The first-order valence-electron chi connectivity index (χ1n) is 11.7. The van der Waals surface area contributed by atoms with Gasteiger partial charge >= 0.3 is 0 Å². The second kappa shape index (κ2) is 9.23. The Kier molecular flexibility index (Phi) is 6.87. The van der Waals surface area contributed by atoms with Gasteiger partial charge in [-0.2, -0.15) is 0 Å². The van der Waals surface area contributed by atoms with Crippen molar-refractivity contribution in [1.29, 1.82) is 0 Å². The Morgan fingerprint density at radius 2 is 2.00 bits per heavy atom. The van der Waals surface area contributed by atoms with Gasteiger partial charge in [-0.05, 0) is 44.4 Å². The van der Waals surface area contributed by atoms with Gasteiger partial charge in [0.05, 0.1) is 11.6 Å². The van der Waals surface area contributed by atoms with E-state index in [4.69, 9.17) is 11.6 Å². The van der Waals surface area contributed by atoms with Crippen LogP contribution in [0.3, 0.4) is 0 Å². The predicted molar refractivity (Wildman–Crippen MR) is 121 cm³/mol. The maximum absolute atomic E-state index is 14.0. The molecule has 4 rings (SSSR count). The van der Waals surface area contributed by atoms with Crippen molar-refractivity contribution in [3.05, 3.63) is 15.0 Å². The van der Waals surface area contributed by atoms with E-state index in [0.29, 0.717) is 22.3 Å². The molecular weight excluding hydrogens is 402 g/mol. The summed E-state index contributed by atoms with van der Waals surface area (Å²) in [6.07, 6.45) is 12.3. The molecule has 3 fully saturated rings. The molecule has 29 heavy (non-hydrogen) atoms. The van der Waals surface area contributed by atoms with E-state index in [1.807, 2.05) is 0 Å². The number of thiazole rings is 1. The van der Waals surface area contributed by atoms with Crippen LogP contribution in [0.5, 0.6) is 0 Å². The minimum atomic E-state index is -0.207. The van der Waals surface area contributed by atoms with Gasteiger partial charge in [-0.3, -0.25) is 4.79 Å². The Morgan fingerprint density at radius 3 is 2.76 bits per heavy atom. The van der Waals surface area contributed by atoms with Gasteiger partial charge in [0.1, 0.15) is 0 Å². The van der Waals surface area contributed by atoms with Crippen molar-refractivity contribution in [3.63, 3.8) is 0 Å². The smallest absolute Gasteiger partial charge is 0.228 e. The van der Waals surface area contributed by atoms with Gasteiger partial charge in [0.25, 0.3) is 0 Å². The number of likely N-dealkylation sites (tertiary alicyclic amines) is 1. The molecule has 0 bridgehead atoms. The molecule has 2 aliphatic heterocycles. The Bertz CT molecular complexity index is 717. The zero-order valence-electron chi connectivity index (χ0n) is 18.0. The Hall–Kier alpha value is -0.650. The van der Waals surface area contributed by atoms with E-state index in [1.165, 1.54) is 49.8 Å². The standard InChI is InChI=1S/C23H36ClN3OS/c1-3-9-18-20(29-22(24)26-18)23(2)15-25-14-17(23)21(28)27-13-8-7-12-19(27)16-10-5-4-6-11-16/h16-17,19,25H,3-15H2,1-2H3. The number of nitrogens with zero attached hydrogens (tertiary/aromatic N) is 2. The predicted octanol–water partition coefficient (Wildman–Crippen LogP) is 5.19. The monoisotopic (exact) mass is 437 g/mol. The summed E-state index contributed by atoms with van der Waals surface area (Å²) < 4.78 is 0.612. The van der Waals surface area contributed by atoms with Crippen LogP contribution in [0.4, 0.5) is 0 Å². The molecular formula is C23H36ClN3OS. The van der Waals surface area contributed by atoms with Gasteiger partial charge in [-0.15, -0.1) is 11.3 Å². The molecule has 1 aliphatic carbocycles. The van der Waals surface area contributed by atoms with Gasteiger partial charge in [-0.25, -0.2) is 4.98 Å². The first-order valence-corrected chi connectivity index (χ1v) is 12.9. The molecule has 1 aromatic rings. The molecule has 1 saturated carbocycles. The van der Waals surface area contributed by atoms with Crippen LogP contribution in [0.1, 0.15) is 82.2 Å². The molecule has 0 spiro atoms. The molecule has 4 nitrogen and oxygen atoms in total. The second-order valence-corrected chi connectivity index (χ2v) is 11.2. The van der Waals surface area contributed by atoms with Gasteiger partial charge in [0.2, 0.25) is 5.91 Å². The lowest BCUT2D eigenvalue weighted by Crippen LogP contribution is -2.53. The summed E-state index contributed by atoms with van der Waals surface area (Å²) in [4.78, 5) is 22.1. The maximum atomic E-state index is 14.0. The van der Waals surface area contributed by atoms with Crippen LogP contribution >= 0.6 is 22.9 Å². The van der Waals surface area contributed by atoms with Crippen molar-refractivity contribution in [2.45, 2.75) is 89.5 Å². The van der Waals surface area contributed by atoms with Crippen LogP contribution in [0, 0.1) is 11.8 Å². The molecule has 0 radical (unpaired) electrons. The van der Waals surface area contributed by atoms with Crippen LogP contribution in [-0.2, 0) is 16.6 Å². The Labute approximate surface area is 184 Å². The normalized spacial score (nSPS) is 31.3. The second-order valence-electron chi connectivity index (χ2n) is 9.59. The fourth-order valence-corrected chi connectivity index (χ4v) is 7.41. The van der Waals surface area contributed by atoms with Gasteiger partial charge < -0.3 is 10.2 Å². The topological polar surface area (TPSA) is 45.2 Å². The number of nitrogens with one attached hydrogen (secondary N) is 1. The zero-order chi connectivity index (χ0) is 20.4. The van der Waals surface area contributed by atoms with Crippen molar-refractivity contribution >= 4 is 28.8 Å². The molecule has 162 valence electrons. The lowest BCUT2D eigenvalue weighted by Gasteiger charge is -2.44. The van der Waals surface area contributed by atoms with Crippen molar-refractivity contribution in [2.24, 2.45) is 11.8 Å². The number of piperidine rings is 1. The number of aryl methyl sites for hydroxylation is 1. The molecule has 3 atom stereocenters. The summed E-state index contributed by atoms with van der Waals surface area (Å²) in [5, 5.41) is 3.54. The highest BCUT2D eigenvalue weighted by molar-refractivity contribution is 7.16. The average molecular weight is 438 g/mol. The third kappa shape index (κ3) is 4.24. The van der Waals surface area contributed by atoms with Crippen molar-refractivity contribution in [2.75, 3.05) is 19.6 Å². The first kappa shape index (κ1) is 21.6. The van der Waals surface area contributed by atoms with Crippen LogP contribution in [-0.4, -0.2) is 41.5 Å². The summed E-state index contributed by atoms with van der Waals surface area (Å²) in [6.45, 7) is 6.98. The summed E-state index contributed by atoms with van der Waals surface area (Å²) in [5.74, 6) is 1.07. The number of aromatic nitrogens is 1. The van der Waals surface area contributed by atoms with E-state index in [0.717, 1.165) is 44.6 Å². The molecule has 1 amide bonds. The fourth-order valence-electron chi connectivity index (χ4n) is 6.04. The lowest BCUT2D eigenvalue weighted by atomic mass is 9.75. The maximum Gasteiger partial charge on any atom is 0.228 e. The number of hydrogen-bond acceptors (Lipinski definition) is 4. The number of rotatable bonds is 5. The van der Waals surface area contributed by atoms with E-state index >= 15 is 0 Å². The zero-order valence-corrected chi connectivity index (χ0v) is 19.6. The van der Waals surface area contributed by atoms with Crippen molar-refractivity contribution < 1.29 is 4.79 Å². The molecule has 3 unspecified atom stereocenters. The molecule has 6 heteroatoms. The SMILES string of the molecule is CCCc1nc(Cl)sc1C1(C)CNCC1C(=O)N1CCCCC1C1CCCCC1. The number of amides is 1. The third-order valence-corrected chi connectivity index (χ3v) is 9.09. The summed E-state index contributed by atoms with van der Waals surface area (Å²) >= 11 is 7.92. The van der Waals surface area contributed by atoms with E-state index in [1.54, 1.807) is 11.3 Å². The summed E-state index contributed by atoms with van der Waals surface area (Å²) in [5.41, 5.74) is 0.898. The highest BCUT2D eigenvalue weighted by atomic mass is 35.5. The minimum Gasteiger partial charge on any atom is -0.339 e. The highest BCUT2D eigenvalue weighted by Gasteiger charge is 2.49. The number of carbonyl (C=O) groups excluding carboxylic acids is 1. The number of hydrogen-bond donors (Lipinski definition) is 1. The number of carbonyl (C=O) groups is 1. The first-order chi connectivity index (χ1) is 14.0. The third-order valence-electron chi connectivity index (χ3n) is 7.61. The molecule has 3 aliphatic rings. The van der Waals surface area contributed by atoms with Crippen LogP contribution in [0.2, 0.25) is 4.47 Å². The van der Waals surface area contributed by atoms with E-state index in [9.17, 15) is 4.79 Å². The van der Waals surface area contributed by atoms with Gasteiger partial charge in [0, 0.05) is 36.0 Å². The molecule has 1 N–H and O–H groups in total. The van der Waals surface area contributed by atoms with Crippen LogP contribution < -0.4 is 5.32 Å². The Balaban J connectivity index is 1.59. The van der Waals surface area contributed by atoms with E-state index < -0.39 is 0 Å². The van der Waals surface area contributed by atoms with Crippen LogP contribution in [0.25, 0.3) is 0 Å². The quantitative estimate of drug-likeness (QED) is 0.689. The van der Waals surface area contributed by atoms with Crippen LogP contribution in [0.15, 0.2) is 0 Å². The largest absolute Gasteiger partial charge is 0.339 e. The average Bonchev–Trinajstić information content (AvgIpc) is 3.32. The van der Waals surface area contributed by atoms with Crippen molar-refractivity contribution in [1.82, 2.24) is 15.2 Å². The lowest BCUT2D eigenvalue weighted by molar-refractivity contribution is -0.142. The van der Waals surface area contributed by atoms with Crippen molar-refractivity contribution in [3.8, 4) is 0 Å². The van der Waals surface area contributed by atoms with E-state index in [2.05, 4.69) is 29.0 Å². The molecule has 0 aromatic carbocycles. The summed E-state index contributed by atoms with van der Waals surface area (Å²) in [6, 6.07) is 0.460. The number of halogens is 1. The van der Waals surface area contributed by atoms with E-state index in [-0.39, 0.29) is 11.3 Å².